The van der Waals surface area contributed by atoms with Crippen LogP contribution >= 0.6 is 11.3 Å². The van der Waals surface area contributed by atoms with Crippen molar-refractivity contribution in [2.75, 3.05) is 0 Å². The van der Waals surface area contributed by atoms with Crippen LogP contribution in [0.1, 0.15) is 0 Å². The Kier molecular flexibility index (Phi) is 5.98. The summed E-state index contributed by atoms with van der Waals surface area (Å²) >= 11 is 1.79. The van der Waals surface area contributed by atoms with E-state index in [1.807, 2.05) is 48.7 Å². The molecule has 5 nitrogen and oxygen atoms in total. The summed E-state index contributed by atoms with van der Waals surface area (Å²) in [6.07, 6.45) is 1.83. The number of nitrogens with zero attached hydrogens (tertiary/aromatic N) is 4. The van der Waals surface area contributed by atoms with Crippen LogP contribution in [0.2, 0.25) is 0 Å². The van der Waals surface area contributed by atoms with Crippen molar-refractivity contribution >= 4 is 64.4 Å². The van der Waals surface area contributed by atoms with Gasteiger partial charge in [-0.15, -0.1) is 11.3 Å². The Balaban J connectivity index is 1.30. The quantitative estimate of drug-likeness (QED) is 0.193. The van der Waals surface area contributed by atoms with E-state index in [1.54, 1.807) is 11.3 Å². The molecule has 0 bridgehead atoms. The molecule has 4 heterocycles. The molecule has 6 heteroatoms. The minimum atomic E-state index is 0.587. The Morgan fingerprint density at radius 3 is 2.00 bits per heavy atom. The number of fused-ring (bicyclic) bond motifs is 7. The van der Waals surface area contributed by atoms with Crippen LogP contribution in [-0.4, -0.2) is 19.9 Å². The predicted molar refractivity (Wildman–Crippen MR) is 197 cm³/mol. The molecule has 0 aliphatic rings. The van der Waals surface area contributed by atoms with Gasteiger partial charge in [-0.3, -0.25) is 4.98 Å². The van der Waals surface area contributed by atoms with Crippen LogP contribution in [0.5, 0.6) is 0 Å². The Bertz CT molecular complexity index is 2840. The number of aromatic nitrogens is 4. The molecule has 10 aromatic rings. The summed E-state index contributed by atoms with van der Waals surface area (Å²) in [5.74, 6) is 1.84. The van der Waals surface area contributed by atoms with Gasteiger partial charge in [-0.2, -0.15) is 0 Å². The van der Waals surface area contributed by atoms with Gasteiger partial charge in [0, 0.05) is 64.8 Å². The van der Waals surface area contributed by atoms with Crippen molar-refractivity contribution < 1.29 is 4.42 Å². The Hall–Kier alpha value is -6.24. The second-order valence-electron chi connectivity index (χ2n) is 11.8. The zero-order chi connectivity index (χ0) is 31.6. The molecular weight excluding hydrogens is 609 g/mol. The van der Waals surface area contributed by atoms with Gasteiger partial charge >= 0.3 is 0 Å². The molecule has 10 rings (SSSR count). The van der Waals surface area contributed by atoms with E-state index in [0.29, 0.717) is 17.5 Å². The number of hydrogen-bond donors (Lipinski definition) is 0. The van der Waals surface area contributed by atoms with Gasteiger partial charge in [-0.25, -0.2) is 15.0 Å². The van der Waals surface area contributed by atoms with Crippen molar-refractivity contribution in [1.82, 2.24) is 19.9 Å². The first-order chi connectivity index (χ1) is 23.8. The van der Waals surface area contributed by atoms with Gasteiger partial charge in [0.1, 0.15) is 11.2 Å². The van der Waals surface area contributed by atoms with Gasteiger partial charge in [0.25, 0.3) is 0 Å². The lowest BCUT2D eigenvalue weighted by Crippen LogP contribution is -2.01. The van der Waals surface area contributed by atoms with E-state index < -0.39 is 0 Å². The highest BCUT2D eigenvalue weighted by atomic mass is 32.1. The van der Waals surface area contributed by atoms with Crippen LogP contribution in [0.4, 0.5) is 0 Å². The predicted octanol–water partition coefficient (Wildman–Crippen LogP) is 11.4. The van der Waals surface area contributed by atoms with Crippen molar-refractivity contribution in [3.63, 3.8) is 0 Å². The average molecular weight is 633 g/mol. The van der Waals surface area contributed by atoms with E-state index in [2.05, 4.69) is 102 Å². The molecule has 0 aliphatic carbocycles. The van der Waals surface area contributed by atoms with Gasteiger partial charge in [-0.05, 0) is 48.0 Å². The molecule has 224 valence electrons. The summed E-state index contributed by atoms with van der Waals surface area (Å²) in [4.78, 5) is 20.2. The lowest BCUT2D eigenvalue weighted by atomic mass is 9.97. The third-order valence-corrected chi connectivity index (χ3v) is 10.1. The Morgan fingerprint density at radius 2 is 1.17 bits per heavy atom. The van der Waals surface area contributed by atoms with E-state index >= 15 is 0 Å². The maximum Gasteiger partial charge on any atom is 0.164 e. The molecule has 48 heavy (non-hydrogen) atoms. The third kappa shape index (κ3) is 4.24. The lowest BCUT2D eigenvalue weighted by molar-refractivity contribution is 0.670. The van der Waals surface area contributed by atoms with Crippen molar-refractivity contribution in [2.45, 2.75) is 0 Å². The molecule has 0 N–H and O–H groups in total. The molecule has 4 aromatic heterocycles. The highest BCUT2D eigenvalue weighted by Crippen LogP contribution is 2.43. The summed E-state index contributed by atoms with van der Waals surface area (Å²) in [7, 11) is 0. The molecule has 6 aromatic carbocycles. The lowest BCUT2D eigenvalue weighted by Gasteiger charge is -2.11. The number of rotatable bonds is 4. The zero-order valence-corrected chi connectivity index (χ0v) is 26.3. The molecule has 0 radical (unpaired) electrons. The summed E-state index contributed by atoms with van der Waals surface area (Å²) < 4.78 is 9.17. The summed E-state index contributed by atoms with van der Waals surface area (Å²) in [5, 5.41) is 5.31. The van der Waals surface area contributed by atoms with E-state index in [0.717, 1.165) is 66.0 Å². The van der Waals surface area contributed by atoms with Crippen LogP contribution in [0.3, 0.4) is 0 Å². The molecule has 0 saturated heterocycles. The first-order valence-electron chi connectivity index (χ1n) is 15.8. The first-order valence-corrected chi connectivity index (χ1v) is 16.6. The summed E-state index contributed by atoms with van der Waals surface area (Å²) in [6.45, 7) is 0. The number of benzene rings is 6. The van der Waals surface area contributed by atoms with Crippen molar-refractivity contribution in [2.24, 2.45) is 0 Å². The second-order valence-corrected chi connectivity index (χ2v) is 12.9. The molecule has 0 unspecified atom stereocenters. The van der Waals surface area contributed by atoms with Crippen molar-refractivity contribution in [3.05, 3.63) is 146 Å². The van der Waals surface area contributed by atoms with Gasteiger partial charge in [0.15, 0.2) is 17.5 Å². The number of pyridine rings is 1. The fraction of sp³-hybridized carbons (Fsp3) is 0. The zero-order valence-electron chi connectivity index (χ0n) is 25.5. The van der Waals surface area contributed by atoms with Crippen molar-refractivity contribution in [1.29, 1.82) is 0 Å². The molecular formula is C42H24N4OS. The first kappa shape index (κ1) is 26.9. The molecule has 0 fully saturated rings. The minimum Gasteiger partial charge on any atom is -0.455 e. The fourth-order valence-electron chi connectivity index (χ4n) is 6.77. The van der Waals surface area contributed by atoms with Gasteiger partial charge in [0.05, 0.1) is 5.52 Å². The van der Waals surface area contributed by atoms with Gasteiger partial charge in [0.2, 0.25) is 0 Å². The van der Waals surface area contributed by atoms with Crippen LogP contribution in [0.15, 0.2) is 150 Å². The standard InChI is InChI=1S/C42H24N4OS/c1-3-11-25(12-4-1)28-20-21-31(38-32-24-33-27(15-10-22-43-33)23-34(32)47-39(28)38)42-45-40(26-13-5-2-6-14-26)44-41(46-42)30-17-9-19-36-37(30)29-16-7-8-18-35(29)48-36/h1-24H. The number of thiophene rings is 1. The van der Waals surface area contributed by atoms with Crippen LogP contribution < -0.4 is 0 Å². The van der Waals surface area contributed by atoms with Gasteiger partial charge in [-0.1, -0.05) is 97.1 Å². The molecule has 0 atom stereocenters. The summed E-state index contributed by atoms with van der Waals surface area (Å²) in [5.41, 5.74) is 7.36. The fourth-order valence-corrected chi connectivity index (χ4v) is 7.90. The van der Waals surface area contributed by atoms with Gasteiger partial charge < -0.3 is 4.42 Å². The van der Waals surface area contributed by atoms with E-state index in [4.69, 9.17) is 19.4 Å². The average Bonchev–Trinajstić information content (AvgIpc) is 3.72. The molecule has 0 saturated carbocycles. The smallest absolute Gasteiger partial charge is 0.164 e. The maximum atomic E-state index is 6.74. The third-order valence-electron chi connectivity index (χ3n) is 8.98. The number of hydrogen-bond acceptors (Lipinski definition) is 6. The normalized spacial score (nSPS) is 11.8. The summed E-state index contributed by atoms with van der Waals surface area (Å²) in [6, 6.07) is 47.8. The minimum absolute atomic E-state index is 0.587. The Labute approximate surface area is 278 Å². The molecule has 0 amide bonds. The van der Waals surface area contributed by atoms with E-state index in [9.17, 15) is 0 Å². The van der Waals surface area contributed by atoms with Crippen LogP contribution in [0.25, 0.3) is 98.3 Å². The van der Waals surface area contributed by atoms with E-state index in [1.165, 1.54) is 14.8 Å². The molecule has 0 spiro atoms. The largest absolute Gasteiger partial charge is 0.455 e. The number of furan rings is 1. The van der Waals surface area contributed by atoms with Crippen molar-refractivity contribution in [3.8, 4) is 45.3 Å². The van der Waals surface area contributed by atoms with Crippen LogP contribution in [-0.2, 0) is 0 Å². The van der Waals surface area contributed by atoms with E-state index in [-0.39, 0.29) is 0 Å². The SMILES string of the molecule is c1ccc(-c2nc(-c3cccc4sc5ccccc5c34)nc(-c3ccc(-c4ccccc4)c4oc5cc6cccnc6cc5c34)n2)cc1. The monoisotopic (exact) mass is 632 g/mol. The Morgan fingerprint density at radius 1 is 0.479 bits per heavy atom. The topological polar surface area (TPSA) is 64.7 Å². The van der Waals surface area contributed by atoms with Crippen LogP contribution in [0, 0.1) is 0 Å². The second kappa shape index (κ2) is 10.7. The molecule has 0 aliphatic heterocycles. The highest BCUT2D eigenvalue weighted by molar-refractivity contribution is 7.25. The maximum absolute atomic E-state index is 6.74. The highest BCUT2D eigenvalue weighted by Gasteiger charge is 2.22.